The fourth-order valence-electron chi connectivity index (χ4n) is 8.26. The molecule has 5 atom stereocenters. The van der Waals surface area contributed by atoms with Crippen LogP contribution in [0.4, 0.5) is 0 Å². The Balaban J connectivity index is 1.70. The van der Waals surface area contributed by atoms with Crippen molar-refractivity contribution in [3.8, 4) is 11.5 Å². The van der Waals surface area contributed by atoms with Gasteiger partial charge in [-0.15, -0.1) is 0 Å². The number of carbonyl (C=O) groups excluding carboxylic acids is 1. The second-order valence-corrected chi connectivity index (χ2v) is 12.0. The summed E-state index contributed by atoms with van der Waals surface area (Å²) in [5.41, 5.74) is 4.69. The maximum absolute atomic E-state index is 13.4. The Morgan fingerprint density at radius 3 is 2.45 bits per heavy atom. The zero-order valence-corrected chi connectivity index (χ0v) is 19.7. The molecule has 3 saturated carbocycles. The average Bonchev–Trinajstić information content (AvgIpc) is 2.71. The molecule has 0 aromatic heterocycles. The minimum atomic E-state index is -0.299. The molecule has 3 heteroatoms. The molecule has 0 bridgehead atoms. The van der Waals surface area contributed by atoms with Crippen molar-refractivity contribution in [2.24, 2.45) is 22.2 Å². The number of rotatable bonds is 0. The summed E-state index contributed by atoms with van der Waals surface area (Å²) in [4.78, 5) is 13.4. The van der Waals surface area contributed by atoms with E-state index in [1.54, 1.807) is 13.0 Å². The predicted octanol–water partition coefficient (Wildman–Crippen LogP) is 6.75. The standard InChI is InChI=1S/C28H36O3/c1-16-7-8-25(3)9-11-28(6)22-15-19(29)23-17(2)24(31)20(30)14-18(23)26(22,4)10-12-27(28,5)21(25)13-16/h14-15,21,30-31H,1,7-13H2,2-6H3/t21?,25-,26+,27+,28-/m1/s1. The lowest BCUT2D eigenvalue weighted by Gasteiger charge is -2.68. The molecule has 0 amide bonds. The molecular weight excluding hydrogens is 384 g/mol. The van der Waals surface area contributed by atoms with E-state index in [2.05, 4.69) is 34.3 Å². The van der Waals surface area contributed by atoms with E-state index in [9.17, 15) is 15.0 Å². The third-order valence-electron chi connectivity index (χ3n) is 10.6. The van der Waals surface area contributed by atoms with Crippen molar-refractivity contribution >= 4 is 5.78 Å². The zero-order chi connectivity index (χ0) is 22.6. The fourth-order valence-corrected chi connectivity index (χ4v) is 8.26. The number of benzene rings is 1. The van der Waals surface area contributed by atoms with Gasteiger partial charge in [-0.1, -0.05) is 39.8 Å². The highest BCUT2D eigenvalue weighted by Crippen LogP contribution is 2.73. The predicted molar refractivity (Wildman–Crippen MR) is 124 cm³/mol. The zero-order valence-electron chi connectivity index (χ0n) is 19.7. The van der Waals surface area contributed by atoms with Crippen LogP contribution in [0.25, 0.3) is 0 Å². The SMILES string of the molecule is C=C1CC[C@]2(C)CC[C@]3(C)C4=CC(=O)c5c(cc(O)c(O)c5C)[C@]4(C)CC[C@@]3(C)C2C1. The highest BCUT2D eigenvalue weighted by atomic mass is 16.3. The van der Waals surface area contributed by atoms with E-state index in [4.69, 9.17) is 0 Å². The van der Waals surface area contributed by atoms with Crippen LogP contribution in [-0.4, -0.2) is 16.0 Å². The third kappa shape index (κ3) is 2.38. The van der Waals surface area contributed by atoms with E-state index < -0.39 is 0 Å². The summed E-state index contributed by atoms with van der Waals surface area (Å²) < 4.78 is 0. The van der Waals surface area contributed by atoms with Crippen LogP contribution in [-0.2, 0) is 5.41 Å². The number of fused-ring (bicyclic) bond motifs is 7. The summed E-state index contributed by atoms with van der Waals surface area (Å²) >= 11 is 0. The van der Waals surface area contributed by atoms with Gasteiger partial charge >= 0.3 is 0 Å². The molecule has 0 radical (unpaired) electrons. The molecule has 0 saturated heterocycles. The van der Waals surface area contributed by atoms with E-state index in [1.807, 2.05) is 6.08 Å². The molecule has 166 valence electrons. The van der Waals surface area contributed by atoms with Crippen molar-refractivity contribution in [1.29, 1.82) is 0 Å². The lowest BCUT2D eigenvalue weighted by Crippen LogP contribution is -2.61. The number of aromatic hydroxyl groups is 2. The van der Waals surface area contributed by atoms with Crippen LogP contribution in [0.15, 0.2) is 29.9 Å². The van der Waals surface area contributed by atoms with Gasteiger partial charge in [0.1, 0.15) is 0 Å². The Morgan fingerprint density at radius 1 is 1.03 bits per heavy atom. The minimum Gasteiger partial charge on any atom is -0.504 e. The maximum atomic E-state index is 13.4. The Bertz CT molecular complexity index is 1060. The molecule has 1 aromatic carbocycles. The van der Waals surface area contributed by atoms with Crippen LogP contribution >= 0.6 is 0 Å². The van der Waals surface area contributed by atoms with E-state index in [0.29, 0.717) is 22.5 Å². The van der Waals surface area contributed by atoms with Crippen molar-refractivity contribution in [3.63, 3.8) is 0 Å². The van der Waals surface area contributed by atoms with Crippen molar-refractivity contribution in [3.05, 3.63) is 46.6 Å². The molecule has 3 fully saturated rings. The first-order valence-corrected chi connectivity index (χ1v) is 11.9. The van der Waals surface area contributed by atoms with E-state index in [1.165, 1.54) is 24.0 Å². The summed E-state index contributed by atoms with van der Waals surface area (Å²) in [5.74, 6) is 0.261. The molecule has 1 aromatic rings. The first kappa shape index (κ1) is 20.8. The van der Waals surface area contributed by atoms with Crippen molar-refractivity contribution in [2.75, 3.05) is 0 Å². The van der Waals surface area contributed by atoms with Crippen LogP contribution in [0.2, 0.25) is 0 Å². The van der Waals surface area contributed by atoms with Gasteiger partial charge in [0.2, 0.25) is 0 Å². The number of ketones is 1. The van der Waals surface area contributed by atoms with Crippen LogP contribution in [0.3, 0.4) is 0 Å². The molecule has 31 heavy (non-hydrogen) atoms. The molecule has 0 spiro atoms. The number of phenols is 2. The molecule has 1 unspecified atom stereocenters. The summed E-state index contributed by atoms with van der Waals surface area (Å²) in [6.07, 6.45) is 9.71. The number of carbonyl (C=O) groups is 1. The van der Waals surface area contributed by atoms with Gasteiger partial charge in [-0.3, -0.25) is 4.79 Å². The number of phenolic OH excluding ortho intramolecular Hbond substituents is 2. The van der Waals surface area contributed by atoms with Gasteiger partial charge in [-0.05, 0) is 97.3 Å². The Kier molecular flexibility index (Phi) is 4.07. The van der Waals surface area contributed by atoms with E-state index in [0.717, 1.165) is 37.7 Å². The largest absolute Gasteiger partial charge is 0.504 e. The van der Waals surface area contributed by atoms with Crippen molar-refractivity contribution < 1.29 is 15.0 Å². The van der Waals surface area contributed by atoms with E-state index in [-0.39, 0.29) is 33.5 Å². The molecular formula is C28H36O3. The minimum absolute atomic E-state index is 0.0258. The lowest BCUT2D eigenvalue weighted by atomic mass is 9.35. The Hall–Kier alpha value is -2.03. The van der Waals surface area contributed by atoms with Gasteiger partial charge in [-0.25, -0.2) is 0 Å². The summed E-state index contributed by atoms with van der Waals surface area (Å²) in [7, 11) is 0. The lowest BCUT2D eigenvalue weighted by molar-refractivity contribution is -0.129. The number of hydrogen-bond acceptors (Lipinski definition) is 3. The van der Waals surface area contributed by atoms with Crippen LogP contribution in [0, 0.1) is 29.1 Å². The Morgan fingerprint density at radius 2 is 1.74 bits per heavy atom. The quantitative estimate of drug-likeness (QED) is 0.360. The van der Waals surface area contributed by atoms with Crippen LogP contribution in [0.5, 0.6) is 11.5 Å². The Labute approximate surface area is 186 Å². The number of hydrogen-bond donors (Lipinski definition) is 2. The first-order valence-electron chi connectivity index (χ1n) is 11.9. The fraction of sp³-hybridized carbons (Fsp3) is 0.607. The molecule has 2 N–H and O–H groups in total. The second kappa shape index (κ2) is 6.05. The van der Waals surface area contributed by atoms with Gasteiger partial charge in [0, 0.05) is 16.5 Å². The van der Waals surface area contributed by atoms with Gasteiger partial charge in [0.05, 0.1) is 0 Å². The molecule has 4 aliphatic carbocycles. The average molecular weight is 421 g/mol. The monoisotopic (exact) mass is 420 g/mol. The second-order valence-electron chi connectivity index (χ2n) is 12.0. The molecule has 0 heterocycles. The summed E-state index contributed by atoms with van der Waals surface area (Å²) in [5, 5.41) is 20.7. The van der Waals surface area contributed by atoms with E-state index >= 15 is 0 Å². The molecule has 4 aliphatic rings. The number of allylic oxidation sites excluding steroid dienone is 3. The van der Waals surface area contributed by atoms with Gasteiger partial charge in [-0.2, -0.15) is 0 Å². The normalized spacial score (nSPS) is 41.6. The van der Waals surface area contributed by atoms with Crippen molar-refractivity contribution in [1.82, 2.24) is 0 Å². The third-order valence-corrected chi connectivity index (χ3v) is 10.6. The highest BCUT2D eigenvalue weighted by molar-refractivity contribution is 6.10. The van der Waals surface area contributed by atoms with Crippen molar-refractivity contribution in [2.45, 2.75) is 85.0 Å². The maximum Gasteiger partial charge on any atom is 0.186 e. The van der Waals surface area contributed by atoms with Gasteiger partial charge < -0.3 is 10.2 Å². The first-order chi connectivity index (χ1) is 14.4. The topological polar surface area (TPSA) is 57.5 Å². The smallest absolute Gasteiger partial charge is 0.186 e. The van der Waals surface area contributed by atoms with Crippen LogP contribution < -0.4 is 0 Å². The van der Waals surface area contributed by atoms with Gasteiger partial charge in [0.15, 0.2) is 17.3 Å². The summed E-state index contributed by atoms with van der Waals surface area (Å²) in [6, 6.07) is 1.66. The van der Waals surface area contributed by atoms with Crippen LogP contribution in [0.1, 0.15) is 94.1 Å². The summed E-state index contributed by atoms with van der Waals surface area (Å²) in [6.45, 7) is 15.7. The van der Waals surface area contributed by atoms with Gasteiger partial charge in [0.25, 0.3) is 0 Å². The molecule has 5 rings (SSSR count). The molecule has 3 nitrogen and oxygen atoms in total. The highest BCUT2D eigenvalue weighted by Gasteiger charge is 2.65. The molecule has 0 aliphatic heterocycles.